The van der Waals surface area contributed by atoms with E-state index in [-0.39, 0.29) is 6.54 Å². The molecule has 3 aromatic rings. The van der Waals surface area contributed by atoms with Crippen molar-refractivity contribution in [1.82, 2.24) is 19.2 Å². The van der Waals surface area contributed by atoms with E-state index in [2.05, 4.69) is 9.88 Å². The van der Waals surface area contributed by atoms with E-state index in [1.807, 2.05) is 28.8 Å². The SMILES string of the molecule is O=C1c2ccc(-c3cnc4cc(OCCN5CCOCC5)ccn34)cc2CCN1CC(F)(F)F. The Morgan fingerprint density at radius 3 is 2.71 bits per heavy atom. The summed E-state index contributed by atoms with van der Waals surface area (Å²) in [7, 11) is 0. The van der Waals surface area contributed by atoms with Crippen molar-refractivity contribution >= 4 is 11.6 Å². The summed E-state index contributed by atoms with van der Waals surface area (Å²) in [5.41, 5.74) is 3.49. The maximum Gasteiger partial charge on any atom is 0.406 e. The average molecular weight is 474 g/mol. The van der Waals surface area contributed by atoms with Gasteiger partial charge in [-0.1, -0.05) is 6.07 Å². The van der Waals surface area contributed by atoms with Crippen LogP contribution in [0.2, 0.25) is 0 Å². The van der Waals surface area contributed by atoms with Gasteiger partial charge in [-0.3, -0.25) is 14.1 Å². The molecule has 0 bridgehead atoms. The Morgan fingerprint density at radius 1 is 1.09 bits per heavy atom. The van der Waals surface area contributed by atoms with E-state index >= 15 is 0 Å². The first-order valence-corrected chi connectivity index (χ1v) is 11.3. The standard InChI is InChI=1S/C24H25F3N4O3/c25-24(26,27)16-30-5-3-17-13-18(1-2-20(17)23(30)32)21-15-28-22-14-19(4-6-31(21)22)34-12-9-29-7-10-33-11-8-29/h1-2,4,6,13-15H,3,5,7-12,16H2. The zero-order valence-electron chi connectivity index (χ0n) is 18.6. The molecule has 0 saturated carbocycles. The van der Waals surface area contributed by atoms with E-state index in [1.165, 1.54) is 0 Å². The summed E-state index contributed by atoms with van der Waals surface area (Å²) >= 11 is 0. The third-order valence-electron chi connectivity index (χ3n) is 6.20. The second kappa shape index (κ2) is 9.27. The number of carbonyl (C=O) groups is 1. The smallest absolute Gasteiger partial charge is 0.406 e. The zero-order valence-corrected chi connectivity index (χ0v) is 18.6. The van der Waals surface area contributed by atoms with Crippen LogP contribution in [0.15, 0.2) is 42.7 Å². The molecule has 0 N–H and O–H groups in total. The number of rotatable bonds is 6. The topological polar surface area (TPSA) is 59.3 Å². The third kappa shape index (κ3) is 4.88. The number of alkyl halides is 3. The normalized spacial score (nSPS) is 17.3. The number of aromatic nitrogens is 2. The highest BCUT2D eigenvalue weighted by atomic mass is 19.4. The molecule has 7 nitrogen and oxygen atoms in total. The molecule has 2 aliphatic heterocycles. The minimum atomic E-state index is -4.41. The highest BCUT2D eigenvalue weighted by Crippen LogP contribution is 2.29. The fourth-order valence-electron chi connectivity index (χ4n) is 4.45. The second-order valence-corrected chi connectivity index (χ2v) is 8.50. The minimum absolute atomic E-state index is 0.0487. The first-order chi connectivity index (χ1) is 16.4. The highest BCUT2D eigenvalue weighted by molar-refractivity contribution is 5.97. The number of hydrogen-bond donors (Lipinski definition) is 0. The van der Waals surface area contributed by atoms with Crippen molar-refractivity contribution in [3.05, 3.63) is 53.9 Å². The van der Waals surface area contributed by atoms with Crippen molar-refractivity contribution in [2.75, 3.05) is 52.5 Å². The number of nitrogens with zero attached hydrogens (tertiary/aromatic N) is 4. The first-order valence-electron chi connectivity index (χ1n) is 11.3. The lowest BCUT2D eigenvalue weighted by molar-refractivity contribution is -0.141. The van der Waals surface area contributed by atoms with Gasteiger partial charge >= 0.3 is 6.18 Å². The molecule has 34 heavy (non-hydrogen) atoms. The van der Waals surface area contributed by atoms with Crippen LogP contribution in [-0.2, 0) is 11.2 Å². The van der Waals surface area contributed by atoms with Gasteiger partial charge in [0.05, 0.1) is 25.1 Å². The third-order valence-corrected chi connectivity index (χ3v) is 6.20. The lowest BCUT2D eigenvalue weighted by atomic mass is 9.95. The molecule has 0 spiro atoms. The summed E-state index contributed by atoms with van der Waals surface area (Å²) in [6.07, 6.45) is -0.399. The van der Waals surface area contributed by atoms with E-state index in [9.17, 15) is 18.0 Å². The number of carbonyl (C=O) groups excluding carboxylic acids is 1. The van der Waals surface area contributed by atoms with Crippen molar-refractivity contribution in [2.45, 2.75) is 12.6 Å². The monoisotopic (exact) mass is 474 g/mol. The summed E-state index contributed by atoms with van der Waals surface area (Å²) in [5, 5.41) is 0. The molecule has 1 saturated heterocycles. The van der Waals surface area contributed by atoms with Gasteiger partial charge in [-0.15, -0.1) is 0 Å². The second-order valence-electron chi connectivity index (χ2n) is 8.50. The first kappa shape index (κ1) is 22.7. The fourth-order valence-corrected chi connectivity index (χ4v) is 4.45. The number of morpholine rings is 1. The van der Waals surface area contributed by atoms with E-state index in [1.54, 1.807) is 18.3 Å². The lowest BCUT2D eigenvalue weighted by Crippen LogP contribution is -2.43. The Labute approximate surface area is 194 Å². The average Bonchev–Trinajstić information content (AvgIpc) is 3.24. The fraction of sp³-hybridized carbons (Fsp3) is 0.417. The lowest BCUT2D eigenvalue weighted by Gasteiger charge is -2.29. The molecule has 0 atom stereocenters. The summed E-state index contributed by atoms with van der Waals surface area (Å²) in [6, 6.07) is 8.99. The number of fused-ring (bicyclic) bond motifs is 2. The van der Waals surface area contributed by atoms with E-state index in [0.717, 1.165) is 66.0 Å². The van der Waals surface area contributed by atoms with Crippen LogP contribution in [0.3, 0.4) is 0 Å². The summed E-state index contributed by atoms with van der Waals surface area (Å²) in [6.45, 7) is 3.58. The van der Waals surface area contributed by atoms with Gasteiger partial charge in [0.1, 0.15) is 24.5 Å². The number of pyridine rings is 1. The predicted octanol–water partition coefficient (Wildman–Crippen LogP) is 3.27. The molecule has 2 aromatic heterocycles. The largest absolute Gasteiger partial charge is 0.492 e. The quantitative estimate of drug-likeness (QED) is 0.549. The van der Waals surface area contributed by atoms with E-state index < -0.39 is 18.6 Å². The van der Waals surface area contributed by atoms with Gasteiger partial charge in [-0.05, 0) is 30.2 Å². The number of amides is 1. The Kier molecular flexibility index (Phi) is 6.18. The van der Waals surface area contributed by atoms with Gasteiger partial charge in [0, 0.05) is 49.6 Å². The van der Waals surface area contributed by atoms with Gasteiger partial charge in [0.15, 0.2) is 0 Å². The molecular formula is C24H25F3N4O3. The van der Waals surface area contributed by atoms with Gasteiger partial charge in [-0.2, -0.15) is 13.2 Å². The van der Waals surface area contributed by atoms with Crippen molar-refractivity contribution in [1.29, 1.82) is 0 Å². The van der Waals surface area contributed by atoms with Crippen molar-refractivity contribution in [3.63, 3.8) is 0 Å². The van der Waals surface area contributed by atoms with Crippen LogP contribution in [0.1, 0.15) is 15.9 Å². The molecule has 1 aromatic carbocycles. The molecule has 5 rings (SSSR count). The van der Waals surface area contributed by atoms with Crippen LogP contribution < -0.4 is 4.74 Å². The number of ether oxygens (including phenoxy) is 2. The van der Waals surface area contributed by atoms with Gasteiger partial charge in [0.25, 0.3) is 5.91 Å². The number of halogens is 3. The Balaban J connectivity index is 1.29. The Hall–Kier alpha value is -3.11. The number of hydrogen-bond acceptors (Lipinski definition) is 5. The molecule has 1 fully saturated rings. The zero-order chi connectivity index (χ0) is 23.7. The van der Waals surface area contributed by atoms with Gasteiger partial charge < -0.3 is 14.4 Å². The highest BCUT2D eigenvalue weighted by Gasteiger charge is 2.35. The number of imidazole rings is 1. The maximum absolute atomic E-state index is 12.8. The molecule has 180 valence electrons. The molecule has 0 unspecified atom stereocenters. The molecule has 1 amide bonds. The molecule has 0 aliphatic carbocycles. The van der Waals surface area contributed by atoms with E-state index in [4.69, 9.17) is 9.47 Å². The van der Waals surface area contributed by atoms with Crippen LogP contribution >= 0.6 is 0 Å². The Morgan fingerprint density at radius 2 is 1.91 bits per heavy atom. The van der Waals surface area contributed by atoms with Crippen LogP contribution in [-0.4, -0.2) is 83.8 Å². The van der Waals surface area contributed by atoms with Crippen molar-refractivity contribution in [3.8, 4) is 17.0 Å². The minimum Gasteiger partial charge on any atom is -0.492 e. The molecule has 0 radical (unpaired) electrons. The van der Waals surface area contributed by atoms with E-state index in [0.29, 0.717) is 18.6 Å². The summed E-state index contributed by atoms with van der Waals surface area (Å²) in [4.78, 5) is 20.2. The van der Waals surface area contributed by atoms with Crippen LogP contribution in [0.5, 0.6) is 5.75 Å². The Bertz CT molecular complexity index is 1190. The molecule has 10 heteroatoms. The maximum atomic E-state index is 12.8. The van der Waals surface area contributed by atoms with Crippen molar-refractivity contribution < 1.29 is 27.4 Å². The molecule has 4 heterocycles. The van der Waals surface area contributed by atoms with Gasteiger partial charge in [0.2, 0.25) is 0 Å². The van der Waals surface area contributed by atoms with Crippen LogP contribution in [0.25, 0.3) is 16.9 Å². The molecule has 2 aliphatic rings. The molecular weight excluding hydrogens is 449 g/mol. The van der Waals surface area contributed by atoms with Crippen LogP contribution in [0.4, 0.5) is 13.2 Å². The summed E-state index contributed by atoms with van der Waals surface area (Å²) < 4.78 is 51.4. The van der Waals surface area contributed by atoms with Crippen LogP contribution in [0, 0.1) is 0 Å². The summed E-state index contributed by atoms with van der Waals surface area (Å²) in [5.74, 6) is 0.154. The van der Waals surface area contributed by atoms with Crippen molar-refractivity contribution in [2.24, 2.45) is 0 Å². The predicted molar refractivity (Wildman–Crippen MR) is 119 cm³/mol. The van der Waals surface area contributed by atoms with Gasteiger partial charge in [-0.25, -0.2) is 4.98 Å². The number of benzene rings is 1.